The largest absolute Gasteiger partial charge is 0.494 e. The van der Waals surface area contributed by atoms with E-state index >= 15 is 0 Å². The van der Waals surface area contributed by atoms with Crippen molar-refractivity contribution >= 4 is 40.2 Å². The number of aromatic amines is 1. The molecule has 53 heavy (non-hydrogen) atoms. The van der Waals surface area contributed by atoms with Gasteiger partial charge in [-0.05, 0) is 99.0 Å². The topological polar surface area (TPSA) is 125 Å². The molecule has 1 aliphatic rings. The summed E-state index contributed by atoms with van der Waals surface area (Å²) in [5, 5.41) is 19.4. The molecule has 0 bridgehead atoms. The number of aryl methyl sites for hydroxylation is 5. The van der Waals surface area contributed by atoms with Gasteiger partial charge in [-0.1, -0.05) is 54.1 Å². The van der Waals surface area contributed by atoms with Crippen LogP contribution in [0, 0.1) is 27.7 Å². The third kappa shape index (κ3) is 7.24. The Hall–Kier alpha value is -5.61. The number of amides is 1. The standard InChI is InChI=1S/C42H43ClN6O4/c1-24-18-32(19-25(2)38(24)43)53-17-9-14-34-33-12-8-13-35(37-26(3)47-48(5)27(37)4)39(33)46-40(34)41(50)44-22-31-20-30(42(51)52)21-36(45-31)49-16-15-28-10-6-7-11-29(28)23-49/h6-8,10-13,18-21,46H,9,14-17,22-23H2,1-5H3,(H,44,50)(H,51,52). The van der Waals surface area contributed by atoms with E-state index in [1.165, 1.54) is 17.2 Å². The van der Waals surface area contributed by atoms with Gasteiger partial charge >= 0.3 is 5.97 Å². The van der Waals surface area contributed by atoms with Crippen LogP contribution in [-0.2, 0) is 33.0 Å². The number of fused-ring (bicyclic) bond motifs is 2. The number of ether oxygens (including phenoxy) is 1. The van der Waals surface area contributed by atoms with Crippen molar-refractivity contribution < 1.29 is 19.4 Å². The smallest absolute Gasteiger partial charge is 0.335 e. The Balaban J connectivity index is 1.17. The molecule has 1 aliphatic heterocycles. The first-order valence-corrected chi connectivity index (χ1v) is 18.2. The molecular formula is C42H43ClN6O4. The molecule has 0 saturated carbocycles. The van der Waals surface area contributed by atoms with Crippen molar-refractivity contribution in [1.29, 1.82) is 0 Å². The quantitative estimate of drug-likeness (QED) is 0.115. The van der Waals surface area contributed by atoms with E-state index in [9.17, 15) is 14.7 Å². The molecule has 3 aromatic heterocycles. The Morgan fingerprint density at radius 3 is 2.47 bits per heavy atom. The van der Waals surface area contributed by atoms with Crippen molar-refractivity contribution in [2.75, 3.05) is 18.1 Å². The highest BCUT2D eigenvalue weighted by molar-refractivity contribution is 6.32. The second kappa shape index (κ2) is 14.8. The van der Waals surface area contributed by atoms with Crippen LogP contribution in [0.1, 0.15) is 72.2 Å². The number of aromatic nitrogens is 4. The SMILES string of the molecule is Cc1cc(OCCCc2c(C(=O)NCc3cc(C(=O)O)cc(N4CCc5ccccc5C4)n3)[nH]c3c(-c4c(C)nn(C)c4C)cccc23)cc(C)c1Cl. The zero-order valence-corrected chi connectivity index (χ0v) is 31.4. The van der Waals surface area contributed by atoms with Gasteiger partial charge in [-0.3, -0.25) is 9.48 Å². The van der Waals surface area contributed by atoms with Gasteiger partial charge in [-0.15, -0.1) is 0 Å². The summed E-state index contributed by atoms with van der Waals surface area (Å²) in [4.78, 5) is 36.7. The van der Waals surface area contributed by atoms with Crippen LogP contribution >= 0.6 is 11.6 Å². The van der Waals surface area contributed by atoms with Crippen LogP contribution in [0.15, 0.2) is 66.7 Å². The molecule has 0 saturated heterocycles. The molecule has 7 rings (SSSR count). The minimum Gasteiger partial charge on any atom is -0.494 e. The lowest BCUT2D eigenvalue weighted by molar-refractivity contribution is 0.0696. The molecular weight excluding hydrogens is 688 g/mol. The molecule has 0 unspecified atom stereocenters. The second-order valence-corrected chi connectivity index (χ2v) is 14.2. The Labute approximate surface area is 313 Å². The van der Waals surface area contributed by atoms with Crippen LogP contribution in [0.4, 0.5) is 5.82 Å². The molecule has 272 valence electrons. The van der Waals surface area contributed by atoms with Crippen LogP contribution in [0.3, 0.4) is 0 Å². The molecule has 10 nitrogen and oxygen atoms in total. The number of nitrogens with zero attached hydrogens (tertiary/aromatic N) is 4. The highest BCUT2D eigenvalue weighted by Gasteiger charge is 2.24. The number of hydrogen-bond acceptors (Lipinski definition) is 6. The maximum Gasteiger partial charge on any atom is 0.335 e. The average Bonchev–Trinajstić information content (AvgIpc) is 3.65. The molecule has 1 amide bonds. The molecule has 0 fully saturated rings. The summed E-state index contributed by atoms with van der Waals surface area (Å²) in [6.07, 6.45) is 2.08. The number of H-pyrrole nitrogens is 1. The Kier molecular flexibility index (Phi) is 9.98. The van der Waals surface area contributed by atoms with Crippen molar-refractivity contribution in [2.45, 2.75) is 60.0 Å². The van der Waals surface area contributed by atoms with E-state index in [0.717, 1.165) is 73.8 Å². The number of nitrogens with one attached hydrogen (secondary N) is 2. The molecule has 3 aromatic carbocycles. The minimum absolute atomic E-state index is 0.0538. The number of rotatable bonds is 11. The third-order valence-electron chi connectivity index (χ3n) is 10.2. The number of carbonyl (C=O) groups excluding carboxylic acids is 1. The molecule has 11 heteroatoms. The maximum absolute atomic E-state index is 14.1. The number of benzene rings is 3. The first-order chi connectivity index (χ1) is 25.5. The summed E-state index contributed by atoms with van der Waals surface area (Å²) in [5.41, 5.74) is 11.1. The fraction of sp³-hybridized carbons (Fsp3) is 0.286. The normalized spacial score (nSPS) is 12.6. The van der Waals surface area contributed by atoms with Gasteiger partial charge in [-0.2, -0.15) is 5.10 Å². The number of anilines is 1. The zero-order chi connectivity index (χ0) is 37.4. The number of carbonyl (C=O) groups is 2. The molecule has 6 aromatic rings. The van der Waals surface area contributed by atoms with E-state index in [-0.39, 0.29) is 18.0 Å². The van der Waals surface area contributed by atoms with Gasteiger partial charge in [0.15, 0.2) is 0 Å². The molecule has 0 spiro atoms. The van der Waals surface area contributed by atoms with Gasteiger partial charge in [0.2, 0.25) is 0 Å². The molecule has 0 atom stereocenters. The van der Waals surface area contributed by atoms with Crippen LogP contribution in [-0.4, -0.2) is 49.9 Å². The van der Waals surface area contributed by atoms with Crippen molar-refractivity contribution in [2.24, 2.45) is 7.05 Å². The van der Waals surface area contributed by atoms with Gasteiger partial charge in [0, 0.05) is 47.4 Å². The lowest BCUT2D eigenvalue weighted by Crippen LogP contribution is -2.32. The van der Waals surface area contributed by atoms with E-state index in [4.69, 9.17) is 21.3 Å². The number of hydrogen-bond donors (Lipinski definition) is 3. The first-order valence-electron chi connectivity index (χ1n) is 17.9. The van der Waals surface area contributed by atoms with Crippen LogP contribution in [0.25, 0.3) is 22.0 Å². The summed E-state index contributed by atoms with van der Waals surface area (Å²) in [6.45, 7) is 9.81. The minimum atomic E-state index is -1.05. The van der Waals surface area contributed by atoms with E-state index in [2.05, 4.69) is 38.5 Å². The van der Waals surface area contributed by atoms with Crippen molar-refractivity contribution in [1.82, 2.24) is 25.1 Å². The summed E-state index contributed by atoms with van der Waals surface area (Å²) >= 11 is 6.37. The van der Waals surface area contributed by atoms with Crippen molar-refractivity contribution in [3.05, 3.63) is 128 Å². The molecule has 0 radical (unpaired) electrons. The third-order valence-corrected chi connectivity index (χ3v) is 10.8. The molecule has 0 aliphatic carbocycles. The fourth-order valence-electron chi connectivity index (χ4n) is 7.43. The fourth-order valence-corrected chi connectivity index (χ4v) is 7.53. The van der Waals surface area contributed by atoms with E-state index in [1.807, 2.05) is 75.8 Å². The molecule has 4 heterocycles. The number of halogens is 1. The van der Waals surface area contributed by atoms with Gasteiger partial charge in [0.25, 0.3) is 5.91 Å². The maximum atomic E-state index is 14.1. The lowest BCUT2D eigenvalue weighted by atomic mass is 9.98. The monoisotopic (exact) mass is 730 g/mol. The van der Waals surface area contributed by atoms with E-state index in [0.29, 0.717) is 43.2 Å². The van der Waals surface area contributed by atoms with Gasteiger partial charge in [0.05, 0.1) is 35.6 Å². The summed E-state index contributed by atoms with van der Waals surface area (Å²) in [7, 11) is 1.93. The van der Waals surface area contributed by atoms with Crippen molar-refractivity contribution in [3.63, 3.8) is 0 Å². The van der Waals surface area contributed by atoms with Crippen LogP contribution in [0.5, 0.6) is 5.75 Å². The summed E-state index contributed by atoms with van der Waals surface area (Å²) in [6, 6.07) is 21.4. The Bertz CT molecular complexity index is 2350. The van der Waals surface area contributed by atoms with E-state index in [1.54, 1.807) is 6.07 Å². The van der Waals surface area contributed by atoms with Crippen molar-refractivity contribution in [3.8, 4) is 16.9 Å². The van der Waals surface area contributed by atoms with Crippen LogP contribution < -0.4 is 15.0 Å². The number of para-hydroxylation sites is 1. The lowest BCUT2D eigenvalue weighted by Gasteiger charge is -2.30. The zero-order valence-electron chi connectivity index (χ0n) is 30.6. The van der Waals surface area contributed by atoms with Crippen LogP contribution in [0.2, 0.25) is 5.02 Å². The summed E-state index contributed by atoms with van der Waals surface area (Å²) < 4.78 is 8.01. The number of carboxylic acid groups (broad SMARTS) is 1. The second-order valence-electron chi connectivity index (χ2n) is 13.8. The number of pyridine rings is 1. The highest BCUT2D eigenvalue weighted by Crippen LogP contribution is 2.36. The van der Waals surface area contributed by atoms with Gasteiger partial charge < -0.3 is 25.0 Å². The number of carboxylic acids is 1. The molecule has 3 N–H and O–H groups in total. The van der Waals surface area contributed by atoms with E-state index < -0.39 is 5.97 Å². The predicted octanol–water partition coefficient (Wildman–Crippen LogP) is 8.05. The predicted molar refractivity (Wildman–Crippen MR) is 208 cm³/mol. The summed E-state index contributed by atoms with van der Waals surface area (Å²) in [5.74, 6) is -0.0120. The number of aromatic carboxylic acids is 1. The average molecular weight is 731 g/mol. The first kappa shape index (κ1) is 35.8. The Morgan fingerprint density at radius 1 is 1.00 bits per heavy atom. The Morgan fingerprint density at radius 2 is 1.75 bits per heavy atom. The van der Waals surface area contributed by atoms with Gasteiger partial charge in [-0.25, -0.2) is 9.78 Å². The van der Waals surface area contributed by atoms with Gasteiger partial charge in [0.1, 0.15) is 17.3 Å². The highest BCUT2D eigenvalue weighted by atomic mass is 35.5.